The summed E-state index contributed by atoms with van der Waals surface area (Å²) in [6, 6.07) is 0. The zero-order valence-corrected chi connectivity index (χ0v) is 12.0. The van der Waals surface area contributed by atoms with Gasteiger partial charge in [-0.15, -0.1) is 0 Å². The second-order valence-electron chi connectivity index (χ2n) is 5.54. The minimum atomic E-state index is -0.731. The number of carbonyl (C=O) groups is 2. The summed E-state index contributed by atoms with van der Waals surface area (Å²) >= 11 is 0. The fourth-order valence-electron chi connectivity index (χ4n) is 2.92. The number of aromatic amines is 1. The molecule has 20 heavy (non-hydrogen) atoms. The van der Waals surface area contributed by atoms with Gasteiger partial charge in [0.15, 0.2) is 0 Å². The molecule has 0 bridgehead atoms. The van der Waals surface area contributed by atoms with Gasteiger partial charge < -0.3 is 10.0 Å². The number of hydrogen-bond acceptors (Lipinski definition) is 3. The van der Waals surface area contributed by atoms with Crippen molar-refractivity contribution in [2.75, 3.05) is 13.1 Å². The molecule has 0 aromatic carbocycles. The summed E-state index contributed by atoms with van der Waals surface area (Å²) in [5, 5.41) is 16.1. The molecular formula is C14H21N3O3. The maximum Gasteiger partial charge on any atom is 0.309 e. The summed E-state index contributed by atoms with van der Waals surface area (Å²) in [4.78, 5) is 25.6. The third-order valence-corrected chi connectivity index (χ3v) is 4.25. The normalized spacial score (nSPS) is 18.0. The van der Waals surface area contributed by atoms with Crippen molar-refractivity contribution >= 4 is 11.9 Å². The highest BCUT2D eigenvalue weighted by Gasteiger charge is 2.41. The molecule has 110 valence electrons. The maximum absolute atomic E-state index is 12.3. The molecule has 1 aromatic heterocycles. The van der Waals surface area contributed by atoms with Gasteiger partial charge in [-0.3, -0.25) is 14.7 Å². The van der Waals surface area contributed by atoms with Crippen LogP contribution in [-0.4, -0.2) is 45.2 Å². The number of rotatable bonds is 4. The Morgan fingerprint density at radius 2 is 2.10 bits per heavy atom. The van der Waals surface area contributed by atoms with E-state index in [1.54, 1.807) is 4.90 Å². The van der Waals surface area contributed by atoms with Crippen LogP contribution >= 0.6 is 0 Å². The summed E-state index contributed by atoms with van der Waals surface area (Å²) in [7, 11) is 0. The number of aryl methyl sites for hydroxylation is 1. The monoisotopic (exact) mass is 279 g/mol. The minimum Gasteiger partial charge on any atom is -0.481 e. The minimum absolute atomic E-state index is 0.0632. The van der Waals surface area contributed by atoms with Crippen molar-refractivity contribution in [1.29, 1.82) is 0 Å². The Morgan fingerprint density at radius 1 is 1.45 bits per heavy atom. The van der Waals surface area contributed by atoms with Crippen LogP contribution in [0.4, 0.5) is 0 Å². The number of piperidine rings is 1. The maximum atomic E-state index is 12.3. The molecule has 1 fully saturated rings. The second-order valence-corrected chi connectivity index (χ2v) is 5.54. The van der Waals surface area contributed by atoms with Crippen LogP contribution in [-0.2, 0) is 4.79 Å². The highest BCUT2D eigenvalue weighted by atomic mass is 16.4. The van der Waals surface area contributed by atoms with E-state index >= 15 is 0 Å². The summed E-state index contributed by atoms with van der Waals surface area (Å²) in [6.45, 7) is 4.80. The van der Waals surface area contributed by atoms with Gasteiger partial charge in [-0.25, -0.2) is 0 Å². The quantitative estimate of drug-likeness (QED) is 0.880. The molecule has 6 heteroatoms. The van der Waals surface area contributed by atoms with E-state index in [1.807, 2.05) is 13.8 Å². The number of hydrogen-bond donors (Lipinski definition) is 2. The van der Waals surface area contributed by atoms with E-state index in [-0.39, 0.29) is 5.91 Å². The van der Waals surface area contributed by atoms with Gasteiger partial charge >= 0.3 is 5.97 Å². The van der Waals surface area contributed by atoms with Crippen LogP contribution in [0.1, 0.15) is 48.7 Å². The van der Waals surface area contributed by atoms with Crippen LogP contribution in [0.5, 0.6) is 0 Å². The van der Waals surface area contributed by atoms with Crippen molar-refractivity contribution in [3.05, 3.63) is 17.5 Å². The first-order valence-electron chi connectivity index (χ1n) is 7.03. The highest BCUT2D eigenvalue weighted by molar-refractivity contribution is 5.95. The molecule has 1 aromatic rings. The first-order valence-corrected chi connectivity index (χ1v) is 7.03. The molecule has 0 saturated carbocycles. The number of likely N-dealkylation sites (tertiary alicyclic amines) is 1. The van der Waals surface area contributed by atoms with Gasteiger partial charge in [0.2, 0.25) is 0 Å². The van der Waals surface area contributed by atoms with Crippen LogP contribution in [0.25, 0.3) is 0 Å². The van der Waals surface area contributed by atoms with Crippen molar-refractivity contribution in [1.82, 2.24) is 15.1 Å². The van der Waals surface area contributed by atoms with Gasteiger partial charge in [-0.05, 0) is 26.2 Å². The predicted octanol–water partition coefficient (Wildman–Crippen LogP) is 1.83. The zero-order valence-electron chi connectivity index (χ0n) is 12.0. The SMILES string of the molecule is CCCC1(C(=O)O)CCN(C(=O)c2cn[nH]c2C)CC1. The summed E-state index contributed by atoms with van der Waals surface area (Å²) < 4.78 is 0. The number of carboxylic acid groups (broad SMARTS) is 1. The Balaban J connectivity index is 2.05. The fourth-order valence-corrected chi connectivity index (χ4v) is 2.92. The molecule has 0 aliphatic carbocycles. The number of amides is 1. The molecule has 6 nitrogen and oxygen atoms in total. The van der Waals surface area contributed by atoms with Gasteiger partial charge in [0.05, 0.1) is 17.2 Å². The van der Waals surface area contributed by atoms with Crippen LogP contribution in [0.3, 0.4) is 0 Å². The lowest BCUT2D eigenvalue weighted by Crippen LogP contribution is -2.46. The number of carboxylic acids is 1. The Bertz CT molecular complexity index is 502. The average Bonchev–Trinajstić information content (AvgIpc) is 2.85. The molecule has 0 atom stereocenters. The lowest BCUT2D eigenvalue weighted by atomic mass is 9.75. The Labute approximate surface area is 118 Å². The molecule has 0 radical (unpaired) electrons. The van der Waals surface area contributed by atoms with Gasteiger partial charge in [-0.2, -0.15) is 5.10 Å². The molecule has 1 saturated heterocycles. The molecule has 1 aliphatic heterocycles. The molecular weight excluding hydrogens is 258 g/mol. The Morgan fingerprint density at radius 3 is 2.55 bits per heavy atom. The third kappa shape index (κ3) is 2.55. The van der Waals surface area contributed by atoms with Crippen LogP contribution in [0.2, 0.25) is 0 Å². The van der Waals surface area contributed by atoms with E-state index in [4.69, 9.17) is 0 Å². The Kier molecular flexibility index (Phi) is 4.11. The first kappa shape index (κ1) is 14.6. The van der Waals surface area contributed by atoms with Crippen LogP contribution < -0.4 is 0 Å². The highest BCUT2D eigenvalue weighted by Crippen LogP contribution is 2.36. The lowest BCUT2D eigenvalue weighted by Gasteiger charge is -2.38. The fraction of sp³-hybridized carbons (Fsp3) is 0.643. The van der Waals surface area contributed by atoms with Crippen molar-refractivity contribution in [2.45, 2.75) is 39.5 Å². The molecule has 2 heterocycles. The van der Waals surface area contributed by atoms with Crippen molar-refractivity contribution < 1.29 is 14.7 Å². The number of H-pyrrole nitrogens is 1. The van der Waals surface area contributed by atoms with E-state index < -0.39 is 11.4 Å². The third-order valence-electron chi connectivity index (χ3n) is 4.25. The average molecular weight is 279 g/mol. The van der Waals surface area contributed by atoms with E-state index in [0.717, 1.165) is 12.1 Å². The number of aromatic nitrogens is 2. The molecule has 2 rings (SSSR count). The van der Waals surface area contributed by atoms with Crippen molar-refractivity contribution in [3.63, 3.8) is 0 Å². The van der Waals surface area contributed by atoms with Gasteiger partial charge in [-0.1, -0.05) is 13.3 Å². The number of nitrogens with zero attached hydrogens (tertiary/aromatic N) is 2. The van der Waals surface area contributed by atoms with E-state index in [9.17, 15) is 14.7 Å². The largest absolute Gasteiger partial charge is 0.481 e. The van der Waals surface area contributed by atoms with E-state index in [0.29, 0.717) is 37.9 Å². The molecule has 1 aliphatic rings. The van der Waals surface area contributed by atoms with E-state index in [1.165, 1.54) is 6.20 Å². The molecule has 1 amide bonds. The van der Waals surface area contributed by atoms with Crippen molar-refractivity contribution in [2.24, 2.45) is 5.41 Å². The molecule has 0 unspecified atom stereocenters. The van der Waals surface area contributed by atoms with Gasteiger partial charge in [0.1, 0.15) is 0 Å². The molecule has 0 spiro atoms. The predicted molar refractivity (Wildman–Crippen MR) is 73.4 cm³/mol. The lowest BCUT2D eigenvalue weighted by molar-refractivity contribution is -0.152. The van der Waals surface area contributed by atoms with E-state index in [2.05, 4.69) is 10.2 Å². The zero-order chi connectivity index (χ0) is 14.8. The first-order chi connectivity index (χ1) is 9.50. The topological polar surface area (TPSA) is 86.3 Å². The smallest absolute Gasteiger partial charge is 0.309 e. The van der Waals surface area contributed by atoms with Gasteiger partial charge in [0.25, 0.3) is 5.91 Å². The standard InChI is InChI=1S/C14H21N3O3/c1-3-4-14(13(19)20)5-7-17(8-6-14)12(18)11-9-15-16-10(11)2/h9H,3-8H2,1-2H3,(H,15,16)(H,19,20). The summed E-state index contributed by atoms with van der Waals surface area (Å²) in [5.74, 6) is -0.794. The van der Waals surface area contributed by atoms with Crippen molar-refractivity contribution in [3.8, 4) is 0 Å². The number of carbonyl (C=O) groups excluding carboxylic acids is 1. The molecule has 2 N–H and O–H groups in total. The summed E-state index contributed by atoms with van der Waals surface area (Å²) in [5.41, 5.74) is 0.665. The van der Waals surface area contributed by atoms with Crippen LogP contribution in [0.15, 0.2) is 6.20 Å². The number of nitrogens with one attached hydrogen (secondary N) is 1. The second kappa shape index (κ2) is 5.64. The van der Waals surface area contributed by atoms with Gasteiger partial charge in [0, 0.05) is 18.8 Å². The Hall–Kier alpha value is -1.85. The van der Waals surface area contributed by atoms with Crippen LogP contribution in [0, 0.1) is 12.3 Å². The summed E-state index contributed by atoms with van der Waals surface area (Å²) in [6.07, 6.45) is 4.11. The number of aliphatic carboxylic acids is 1.